The molecule has 3 aromatic rings. The summed E-state index contributed by atoms with van der Waals surface area (Å²) in [5, 5.41) is 4.06. The van der Waals surface area contributed by atoms with Gasteiger partial charge in [0.25, 0.3) is 0 Å². The lowest BCUT2D eigenvalue weighted by atomic mass is 10.2. The quantitative estimate of drug-likeness (QED) is 0.751. The van der Waals surface area contributed by atoms with Crippen LogP contribution in [0.4, 0.5) is 5.69 Å². The van der Waals surface area contributed by atoms with E-state index in [9.17, 15) is 0 Å². The van der Waals surface area contributed by atoms with Crippen molar-refractivity contribution in [1.29, 1.82) is 0 Å². The van der Waals surface area contributed by atoms with Gasteiger partial charge in [-0.1, -0.05) is 17.7 Å². The van der Waals surface area contributed by atoms with Crippen LogP contribution in [-0.2, 0) is 6.54 Å². The molecule has 0 spiro atoms. The first kappa shape index (κ1) is 14.1. The van der Waals surface area contributed by atoms with Crippen molar-refractivity contribution in [1.82, 2.24) is 14.5 Å². The van der Waals surface area contributed by atoms with E-state index in [0.717, 1.165) is 21.4 Å². The maximum atomic E-state index is 6.32. The van der Waals surface area contributed by atoms with E-state index < -0.39 is 0 Å². The Balaban J connectivity index is 1.88. The van der Waals surface area contributed by atoms with E-state index in [-0.39, 0.29) is 0 Å². The first-order chi connectivity index (χ1) is 10.2. The Morgan fingerprint density at radius 3 is 2.90 bits per heavy atom. The first-order valence-electron chi connectivity index (χ1n) is 6.34. The third-order valence-electron chi connectivity index (χ3n) is 2.99. The van der Waals surface area contributed by atoms with E-state index in [2.05, 4.69) is 31.2 Å². The van der Waals surface area contributed by atoms with Gasteiger partial charge in [-0.05, 0) is 39.7 Å². The van der Waals surface area contributed by atoms with Crippen LogP contribution in [0.25, 0.3) is 5.69 Å². The average Bonchev–Trinajstić information content (AvgIpc) is 2.99. The van der Waals surface area contributed by atoms with Gasteiger partial charge in [-0.2, -0.15) is 0 Å². The predicted molar refractivity (Wildman–Crippen MR) is 87.8 cm³/mol. The van der Waals surface area contributed by atoms with Gasteiger partial charge in [0.2, 0.25) is 0 Å². The Labute approximate surface area is 135 Å². The van der Waals surface area contributed by atoms with Crippen LogP contribution in [0.1, 0.15) is 5.56 Å². The number of rotatable bonds is 4. The fourth-order valence-corrected chi connectivity index (χ4v) is 2.75. The van der Waals surface area contributed by atoms with E-state index in [4.69, 9.17) is 11.6 Å². The van der Waals surface area contributed by atoms with E-state index in [1.807, 2.05) is 41.2 Å². The summed E-state index contributed by atoms with van der Waals surface area (Å²) in [6.45, 7) is 0.661. The zero-order valence-corrected chi connectivity index (χ0v) is 13.3. The van der Waals surface area contributed by atoms with Gasteiger partial charge in [0, 0.05) is 35.8 Å². The van der Waals surface area contributed by atoms with Crippen molar-refractivity contribution in [3.8, 4) is 5.69 Å². The monoisotopic (exact) mass is 362 g/mol. The molecule has 0 saturated carbocycles. The van der Waals surface area contributed by atoms with Gasteiger partial charge in [-0.3, -0.25) is 4.98 Å². The third-order valence-corrected chi connectivity index (χ3v) is 3.73. The zero-order chi connectivity index (χ0) is 14.7. The molecule has 3 rings (SSSR count). The van der Waals surface area contributed by atoms with Crippen molar-refractivity contribution in [3.05, 3.63) is 70.4 Å². The van der Waals surface area contributed by atoms with Gasteiger partial charge in [-0.15, -0.1) is 0 Å². The van der Waals surface area contributed by atoms with Crippen molar-refractivity contribution in [3.63, 3.8) is 0 Å². The molecule has 0 aliphatic heterocycles. The number of imidazole rings is 1. The largest absolute Gasteiger partial charge is 0.379 e. The van der Waals surface area contributed by atoms with Gasteiger partial charge in [0.1, 0.15) is 0 Å². The molecule has 0 saturated heterocycles. The molecule has 0 bridgehead atoms. The molecule has 21 heavy (non-hydrogen) atoms. The molecule has 106 valence electrons. The van der Waals surface area contributed by atoms with Crippen molar-refractivity contribution >= 4 is 33.2 Å². The number of nitrogens with one attached hydrogen (secondary N) is 1. The molecule has 2 heterocycles. The fraction of sp³-hybridized carbons (Fsp3) is 0.0667. The van der Waals surface area contributed by atoms with Gasteiger partial charge in [0.05, 0.1) is 22.7 Å². The molecule has 2 aromatic heterocycles. The Morgan fingerprint density at radius 1 is 1.24 bits per heavy atom. The van der Waals surface area contributed by atoms with Crippen molar-refractivity contribution in [2.45, 2.75) is 6.54 Å². The topological polar surface area (TPSA) is 42.7 Å². The second-order valence-corrected chi connectivity index (χ2v) is 5.79. The standard InChI is InChI=1S/C15H12BrClN4/c16-12-6-11(7-19-9-12)8-20-14-3-1-2-13(17)15(14)21-5-4-18-10-21/h1-7,9-10,20H,8H2. The van der Waals surface area contributed by atoms with Crippen LogP contribution in [0.2, 0.25) is 5.02 Å². The summed E-state index contributed by atoms with van der Waals surface area (Å²) in [6, 6.07) is 7.81. The highest BCUT2D eigenvalue weighted by Gasteiger charge is 2.08. The smallest absolute Gasteiger partial charge is 0.0992 e. The maximum Gasteiger partial charge on any atom is 0.0992 e. The molecule has 0 unspecified atom stereocenters. The molecule has 1 N–H and O–H groups in total. The van der Waals surface area contributed by atoms with Gasteiger partial charge in [0.15, 0.2) is 0 Å². The zero-order valence-electron chi connectivity index (χ0n) is 11.0. The van der Waals surface area contributed by atoms with Crippen molar-refractivity contribution in [2.75, 3.05) is 5.32 Å². The van der Waals surface area contributed by atoms with Gasteiger partial charge >= 0.3 is 0 Å². The normalized spacial score (nSPS) is 10.6. The molecular formula is C15H12BrClN4. The van der Waals surface area contributed by atoms with Crippen LogP contribution in [0, 0.1) is 0 Å². The predicted octanol–water partition coefficient (Wildman–Crippen LogP) is 4.30. The molecular weight excluding hydrogens is 352 g/mol. The lowest BCUT2D eigenvalue weighted by molar-refractivity contribution is 1.04. The summed E-state index contributed by atoms with van der Waals surface area (Å²) in [4.78, 5) is 8.23. The van der Waals surface area contributed by atoms with Crippen LogP contribution in [0.15, 0.2) is 59.9 Å². The van der Waals surface area contributed by atoms with Gasteiger partial charge < -0.3 is 9.88 Å². The molecule has 4 nitrogen and oxygen atoms in total. The number of halogens is 2. The number of para-hydroxylation sites is 1. The van der Waals surface area contributed by atoms with E-state index in [1.54, 1.807) is 18.7 Å². The highest BCUT2D eigenvalue weighted by molar-refractivity contribution is 9.10. The SMILES string of the molecule is Clc1cccc(NCc2cncc(Br)c2)c1-n1ccnc1. The summed E-state index contributed by atoms with van der Waals surface area (Å²) >= 11 is 9.74. The molecule has 0 atom stereocenters. The Hall–Kier alpha value is -1.85. The minimum absolute atomic E-state index is 0.661. The van der Waals surface area contributed by atoms with Crippen molar-refractivity contribution < 1.29 is 0 Å². The van der Waals surface area contributed by atoms with E-state index in [0.29, 0.717) is 11.6 Å². The Bertz CT molecular complexity index is 743. The average molecular weight is 364 g/mol. The maximum absolute atomic E-state index is 6.32. The number of anilines is 1. The second-order valence-electron chi connectivity index (χ2n) is 4.47. The first-order valence-corrected chi connectivity index (χ1v) is 7.51. The van der Waals surface area contributed by atoms with Gasteiger partial charge in [-0.25, -0.2) is 4.98 Å². The minimum Gasteiger partial charge on any atom is -0.379 e. The highest BCUT2D eigenvalue weighted by atomic mass is 79.9. The summed E-state index contributed by atoms with van der Waals surface area (Å²) < 4.78 is 2.85. The van der Waals surface area contributed by atoms with Crippen LogP contribution in [0.5, 0.6) is 0 Å². The lowest BCUT2D eigenvalue weighted by Crippen LogP contribution is -2.04. The molecule has 0 aliphatic rings. The molecule has 0 aliphatic carbocycles. The summed E-state index contributed by atoms with van der Waals surface area (Å²) in [6.07, 6.45) is 8.92. The highest BCUT2D eigenvalue weighted by Crippen LogP contribution is 2.28. The summed E-state index contributed by atoms with van der Waals surface area (Å²) in [7, 11) is 0. The minimum atomic E-state index is 0.661. The molecule has 0 amide bonds. The number of benzene rings is 1. The number of hydrogen-bond acceptors (Lipinski definition) is 3. The fourth-order valence-electron chi connectivity index (χ4n) is 2.06. The van der Waals surface area contributed by atoms with Crippen molar-refractivity contribution in [2.24, 2.45) is 0 Å². The molecule has 6 heteroatoms. The van der Waals surface area contributed by atoms with Crippen LogP contribution in [0.3, 0.4) is 0 Å². The van der Waals surface area contributed by atoms with Crippen LogP contribution >= 0.6 is 27.5 Å². The Kier molecular flexibility index (Phi) is 4.22. The molecule has 1 aromatic carbocycles. The van der Waals surface area contributed by atoms with E-state index in [1.165, 1.54) is 0 Å². The number of hydrogen-bond donors (Lipinski definition) is 1. The molecule has 0 fully saturated rings. The van der Waals surface area contributed by atoms with E-state index >= 15 is 0 Å². The Morgan fingerprint density at radius 2 is 2.14 bits per heavy atom. The molecule has 0 radical (unpaired) electrons. The summed E-state index contributed by atoms with van der Waals surface area (Å²) in [5.74, 6) is 0. The number of aromatic nitrogens is 3. The van der Waals surface area contributed by atoms with Crippen LogP contribution in [-0.4, -0.2) is 14.5 Å². The third kappa shape index (κ3) is 3.25. The lowest BCUT2D eigenvalue weighted by Gasteiger charge is -2.14. The summed E-state index contributed by atoms with van der Waals surface area (Å²) in [5.41, 5.74) is 2.92. The van der Waals surface area contributed by atoms with Crippen LogP contribution < -0.4 is 5.32 Å². The second kappa shape index (κ2) is 6.28. The number of pyridine rings is 1. The number of nitrogens with zero attached hydrogens (tertiary/aromatic N) is 3.